The number of hydrogen-bond donors (Lipinski definition) is 1. The molecule has 2 aliphatic carbocycles. The molecule has 0 radical (unpaired) electrons. The summed E-state index contributed by atoms with van der Waals surface area (Å²) >= 11 is 0. The molecule has 2 saturated carbocycles. The summed E-state index contributed by atoms with van der Waals surface area (Å²) in [4.78, 5) is 55.3. The third-order valence-electron chi connectivity index (χ3n) is 10.4. The standard InChI is InChI=1S/C20H23N5O.C13H17N5O/c1-14-21-17-16(24(14)12-15-8-4-3-5-9-15)18(26)23(2)19-22-20(13-25(17)19)10-6-7-11-20;1-8-14-9-10(15-8)18-7-13(5-3-4-6-13)16-12(18)17(2)11(9)19/h3-5,8-9H,6-7,10-13H2,1-2H3;3-7H2,1-2H3,(H,14,15). The molecular weight excluding hydrogens is 568 g/mol. The maximum absolute atomic E-state index is 13.1. The van der Waals surface area contributed by atoms with E-state index in [1.807, 2.05) is 43.7 Å². The number of aryl methyl sites for hydroxylation is 2. The van der Waals surface area contributed by atoms with Crippen LogP contribution in [0.3, 0.4) is 0 Å². The van der Waals surface area contributed by atoms with Crippen LogP contribution < -0.4 is 9.80 Å². The number of rotatable bonds is 2. The van der Waals surface area contributed by atoms with E-state index in [1.165, 1.54) is 31.2 Å². The SMILES string of the molecule is Cc1nc2c([nH]1)C(=O)N(C)C1=NC3(CCCC3)CN12.Cc1nc2c(n1Cc1ccccc1)C(=O)N(C)C1=NC3(CCCC3)CN12. The van der Waals surface area contributed by atoms with Crippen molar-refractivity contribution >= 4 is 35.4 Å². The molecule has 6 aliphatic rings. The number of carbonyl (C=O) groups excluding carboxylic acids is 2. The molecule has 1 N–H and O–H groups in total. The van der Waals surface area contributed by atoms with Crippen LogP contribution in [0.1, 0.15) is 89.6 Å². The highest BCUT2D eigenvalue weighted by molar-refractivity contribution is 6.18. The Kier molecular flexibility index (Phi) is 6.24. The van der Waals surface area contributed by atoms with Crippen LogP contribution in [0.5, 0.6) is 0 Å². The number of hydrogen-bond acceptors (Lipinski definition) is 8. The third-order valence-corrected chi connectivity index (χ3v) is 10.4. The molecule has 45 heavy (non-hydrogen) atoms. The second-order valence-electron chi connectivity index (χ2n) is 13.5. The van der Waals surface area contributed by atoms with E-state index in [-0.39, 0.29) is 22.9 Å². The van der Waals surface area contributed by atoms with Crippen molar-refractivity contribution in [3.8, 4) is 0 Å². The Morgan fingerprint density at radius 1 is 0.756 bits per heavy atom. The van der Waals surface area contributed by atoms with Crippen LogP contribution in [0.4, 0.5) is 11.6 Å². The van der Waals surface area contributed by atoms with E-state index >= 15 is 0 Å². The minimum Gasteiger partial charge on any atom is -0.336 e. The molecular formula is C33H40N10O2. The van der Waals surface area contributed by atoms with Crippen molar-refractivity contribution in [2.75, 3.05) is 37.0 Å². The third kappa shape index (κ3) is 4.32. The Bertz CT molecular complexity index is 1760. The number of fused-ring (bicyclic) bond motifs is 6. The number of nitrogens with one attached hydrogen (secondary N) is 1. The Morgan fingerprint density at radius 3 is 1.91 bits per heavy atom. The van der Waals surface area contributed by atoms with Crippen LogP contribution in [-0.4, -0.2) is 91.3 Å². The minimum atomic E-state index is -0.0411. The number of benzene rings is 1. The van der Waals surface area contributed by atoms with E-state index in [2.05, 4.69) is 31.9 Å². The molecule has 12 nitrogen and oxygen atoms in total. The summed E-state index contributed by atoms with van der Waals surface area (Å²) in [7, 11) is 3.63. The van der Waals surface area contributed by atoms with Gasteiger partial charge in [0, 0.05) is 20.6 Å². The van der Waals surface area contributed by atoms with Crippen molar-refractivity contribution in [1.82, 2.24) is 29.3 Å². The van der Waals surface area contributed by atoms with E-state index in [0.29, 0.717) is 17.9 Å². The highest BCUT2D eigenvalue weighted by atomic mass is 16.2. The van der Waals surface area contributed by atoms with Gasteiger partial charge >= 0.3 is 0 Å². The Balaban J connectivity index is 0.000000140. The number of carbonyl (C=O) groups is 2. The topological polar surface area (TPSA) is 118 Å². The molecule has 2 amide bonds. The smallest absolute Gasteiger partial charge is 0.280 e. The van der Waals surface area contributed by atoms with Gasteiger partial charge in [0.05, 0.1) is 24.2 Å². The van der Waals surface area contributed by atoms with Gasteiger partial charge in [-0.15, -0.1) is 0 Å². The largest absolute Gasteiger partial charge is 0.336 e. The predicted molar refractivity (Wildman–Crippen MR) is 172 cm³/mol. The van der Waals surface area contributed by atoms with Crippen LogP contribution in [-0.2, 0) is 6.54 Å². The summed E-state index contributed by atoms with van der Waals surface area (Å²) in [5.41, 5.74) is 2.43. The summed E-state index contributed by atoms with van der Waals surface area (Å²) in [6.45, 7) is 6.21. The first-order valence-electron chi connectivity index (χ1n) is 16.2. The van der Waals surface area contributed by atoms with Gasteiger partial charge in [0.25, 0.3) is 11.8 Å². The van der Waals surface area contributed by atoms with Crippen LogP contribution in [0, 0.1) is 13.8 Å². The molecule has 0 bridgehead atoms. The van der Waals surface area contributed by atoms with E-state index < -0.39 is 0 Å². The number of amides is 2. The molecule has 234 valence electrons. The van der Waals surface area contributed by atoms with Crippen molar-refractivity contribution in [1.29, 1.82) is 0 Å². The van der Waals surface area contributed by atoms with Crippen LogP contribution in [0.25, 0.3) is 0 Å². The van der Waals surface area contributed by atoms with Crippen molar-refractivity contribution in [3.63, 3.8) is 0 Å². The number of guanidine groups is 2. The molecule has 0 unspecified atom stereocenters. The van der Waals surface area contributed by atoms with Gasteiger partial charge in [0.1, 0.15) is 17.3 Å². The van der Waals surface area contributed by atoms with Crippen LogP contribution in [0.2, 0.25) is 0 Å². The van der Waals surface area contributed by atoms with Gasteiger partial charge in [-0.05, 0) is 45.1 Å². The molecule has 1 aromatic carbocycles. The summed E-state index contributed by atoms with van der Waals surface area (Å²) < 4.78 is 2.04. The number of aromatic nitrogens is 4. The first-order chi connectivity index (χ1) is 21.7. The number of nitrogens with zero attached hydrogens (tertiary/aromatic N) is 9. The molecule has 12 heteroatoms. The van der Waals surface area contributed by atoms with Crippen molar-refractivity contribution < 1.29 is 9.59 Å². The van der Waals surface area contributed by atoms with E-state index in [9.17, 15) is 9.59 Å². The molecule has 4 aliphatic heterocycles. The highest BCUT2D eigenvalue weighted by Crippen LogP contribution is 2.43. The zero-order valence-corrected chi connectivity index (χ0v) is 26.5. The predicted octanol–water partition coefficient (Wildman–Crippen LogP) is 4.11. The second kappa shape index (κ2) is 10.0. The summed E-state index contributed by atoms with van der Waals surface area (Å²) in [5.74, 6) is 4.67. The maximum atomic E-state index is 13.1. The fourth-order valence-corrected chi connectivity index (χ4v) is 8.04. The van der Waals surface area contributed by atoms with Gasteiger partial charge in [0.2, 0.25) is 11.9 Å². The minimum absolute atomic E-state index is 0.0122. The molecule has 0 saturated heterocycles. The lowest BCUT2D eigenvalue weighted by molar-refractivity contribution is 0.0849. The van der Waals surface area contributed by atoms with Gasteiger partial charge in [-0.25, -0.2) is 20.0 Å². The number of aliphatic imine (C=N–C) groups is 2. The highest BCUT2D eigenvalue weighted by Gasteiger charge is 2.50. The van der Waals surface area contributed by atoms with Gasteiger partial charge in [-0.3, -0.25) is 29.2 Å². The molecule has 0 atom stereocenters. The Hall–Kier alpha value is -4.48. The second-order valence-corrected chi connectivity index (χ2v) is 13.5. The molecule has 2 aromatic heterocycles. The molecule has 9 rings (SSSR count). The van der Waals surface area contributed by atoms with Crippen molar-refractivity contribution in [3.05, 3.63) is 58.9 Å². The number of anilines is 2. The monoisotopic (exact) mass is 608 g/mol. The molecule has 2 spiro atoms. The zero-order chi connectivity index (χ0) is 31.1. The molecule has 6 heterocycles. The number of H-pyrrole nitrogens is 1. The number of aromatic amines is 1. The molecule has 2 fully saturated rings. The Morgan fingerprint density at radius 2 is 1.31 bits per heavy atom. The van der Waals surface area contributed by atoms with Gasteiger partial charge < -0.3 is 9.55 Å². The molecule has 3 aromatic rings. The van der Waals surface area contributed by atoms with Gasteiger partial charge in [0.15, 0.2) is 17.3 Å². The van der Waals surface area contributed by atoms with Crippen molar-refractivity contribution in [2.45, 2.75) is 82.8 Å². The van der Waals surface area contributed by atoms with Crippen LogP contribution in [0.15, 0.2) is 40.3 Å². The van der Waals surface area contributed by atoms with Crippen molar-refractivity contribution in [2.24, 2.45) is 9.98 Å². The quantitative estimate of drug-likeness (QED) is 0.468. The van der Waals surface area contributed by atoms with E-state index in [4.69, 9.17) is 15.0 Å². The Labute approximate surface area is 262 Å². The van der Waals surface area contributed by atoms with Gasteiger partial charge in [-0.2, -0.15) is 0 Å². The number of imidazole rings is 2. The lowest BCUT2D eigenvalue weighted by Gasteiger charge is -2.31. The normalized spacial score (nSPS) is 22.0. The lowest BCUT2D eigenvalue weighted by Crippen LogP contribution is -2.49. The average Bonchev–Trinajstić information content (AvgIpc) is 3.89. The van der Waals surface area contributed by atoms with E-state index in [0.717, 1.165) is 74.0 Å². The fraction of sp³-hybridized carbons (Fsp3) is 0.515. The summed E-state index contributed by atoms with van der Waals surface area (Å²) in [6.07, 6.45) is 9.35. The first kappa shape index (κ1) is 28.0. The first-order valence-corrected chi connectivity index (χ1v) is 16.2. The fourth-order valence-electron chi connectivity index (χ4n) is 8.04. The zero-order valence-electron chi connectivity index (χ0n) is 26.5. The van der Waals surface area contributed by atoms with Gasteiger partial charge in [-0.1, -0.05) is 56.0 Å². The van der Waals surface area contributed by atoms with E-state index in [1.54, 1.807) is 16.8 Å². The average molecular weight is 609 g/mol. The summed E-state index contributed by atoms with van der Waals surface area (Å²) in [5, 5.41) is 0. The maximum Gasteiger partial charge on any atom is 0.280 e. The van der Waals surface area contributed by atoms with Crippen LogP contribution >= 0.6 is 0 Å². The summed E-state index contributed by atoms with van der Waals surface area (Å²) in [6, 6.07) is 10.2. The lowest BCUT2D eigenvalue weighted by atomic mass is 9.99.